The van der Waals surface area contributed by atoms with Crippen LogP contribution in [-0.2, 0) is 4.79 Å². The highest BCUT2D eigenvalue weighted by atomic mass is 19.4. The van der Waals surface area contributed by atoms with Crippen molar-refractivity contribution < 1.29 is 37.8 Å². The number of carboxylic acid groups (broad SMARTS) is 1. The third kappa shape index (κ3) is 3.54. The van der Waals surface area contributed by atoms with Crippen LogP contribution in [0.15, 0.2) is 18.2 Å². The number of alkyl halides is 3. The predicted octanol–water partition coefficient (Wildman–Crippen LogP) is 1.79. The van der Waals surface area contributed by atoms with Crippen LogP contribution in [0.3, 0.4) is 0 Å². The molecule has 102 valence electrons. The van der Waals surface area contributed by atoms with E-state index >= 15 is 0 Å². The minimum absolute atomic E-state index is 0.396. The third-order valence-corrected chi connectivity index (χ3v) is 2.19. The van der Waals surface area contributed by atoms with Gasteiger partial charge in [0.05, 0.1) is 6.42 Å². The lowest BCUT2D eigenvalue weighted by Gasteiger charge is -2.06. The number of aromatic hydroxyl groups is 1. The Labute approximate surface area is 104 Å². The van der Waals surface area contributed by atoms with E-state index in [4.69, 9.17) is 10.2 Å². The zero-order valence-corrected chi connectivity index (χ0v) is 9.19. The normalized spacial score (nSPS) is 11.1. The Morgan fingerprint density at radius 2 is 1.74 bits per heavy atom. The molecule has 0 aromatic heterocycles. The van der Waals surface area contributed by atoms with Crippen molar-refractivity contribution in [3.63, 3.8) is 0 Å². The Morgan fingerprint density at radius 3 is 2.21 bits per heavy atom. The van der Waals surface area contributed by atoms with Gasteiger partial charge in [0.25, 0.3) is 0 Å². The molecule has 0 saturated heterocycles. The lowest BCUT2D eigenvalue weighted by Crippen LogP contribution is -2.25. The largest absolute Gasteiger partial charge is 0.507 e. The third-order valence-electron chi connectivity index (χ3n) is 2.19. The van der Waals surface area contributed by atoms with Crippen LogP contribution < -0.4 is 0 Å². The van der Waals surface area contributed by atoms with E-state index in [0.717, 1.165) is 12.1 Å². The molecule has 0 fully saturated rings. The fourth-order valence-corrected chi connectivity index (χ4v) is 1.23. The van der Waals surface area contributed by atoms with Gasteiger partial charge in [-0.3, -0.25) is 9.59 Å². The molecule has 0 bridgehead atoms. The van der Waals surface area contributed by atoms with Gasteiger partial charge in [0, 0.05) is 5.56 Å². The van der Waals surface area contributed by atoms with Crippen molar-refractivity contribution in [3.05, 3.63) is 29.3 Å². The van der Waals surface area contributed by atoms with Crippen LogP contribution >= 0.6 is 0 Å². The fourth-order valence-electron chi connectivity index (χ4n) is 1.23. The van der Waals surface area contributed by atoms with Gasteiger partial charge in [-0.15, -0.1) is 0 Å². The van der Waals surface area contributed by atoms with Crippen molar-refractivity contribution in [1.29, 1.82) is 0 Å². The fraction of sp³-hybridized carbons (Fsp3) is 0.182. The summed E-state index contributed by atoms with van der Waals surface area (Å²) in [5.41, 5.74) is -1.03. The van der Waals surface area contributed by atoms with Crippen molar-refractivity contribution in [2.24, 2.45) is 0 Å². The topological polar surface area (TPSA) is 91.7 Å². The molecule has 1 aromatic rings. The van der Waals surface area contributed by atoms with Gasteiger partial charge in [-0.1, -0.05) is 0 Å². The Kier molecular flexibility index (Phi) is 3.93. The van der Waals surface area contributed by atoms with Gasteiger partial charge in [-0.2, -0.15) is 13.2 Å². The van der Waals surface area contributed by atoms with E-state index < -0.39 is 47.0 Å². The van der Waals surface area contributed by atoms with Crippen LogP contribution in [0.5, 0.6) is 5.75 Å². The summed E-state index contributed by atoms with van der Waals surface area (Å²) in [5.74, 6) is -5.58. The van der Waals surface area contributed by atoms with Crippen molar-refractivity contribution in [1.82, 2.24) is 0 Å². The Hall–Kier alpha value is -2.38. The van der Waals surface area contributed by atoms with Crippen LogP contribution in [0.4, 0.5) is 13.2 Å². The quantitative estimate of drug-likeness (QED) is 0.646. The second-order valence-electron chi connectivity index (χ2n) is 3.56. The zero-order chi connectivity index (χ0) is 14.8. The summed E-state index contributed by atoms with van der Waals surface area (Å²) in [5, 5.41) is 17.8. The Balaban J connectivity index is 2.99. The van der Waals surface area contributed by atoms with E-state index in [1.165, 1.54) is 0 Å². The number of hydrogen-bond donors (Lipinski definition) is 2. The molecule has 0 spiro atoms. The SMILES string of the molecule is O=C(CC(=O)C(F)(F)F)c1ccc(O)c(C(=O)O)c1. The van der Waals surface area contributed by atoms with Crippen LogP contribution in [0.1, 0.15) is 27.1 Å². The number of rotatable bonds is 4. The molecular formula is C11H7F3O5. The van der Waals surface area contributed by atoms with Crippen molar-refractivity contribution in [2.75, 3.05) is 0 Å². The van der Waals surface area contributed by atoms with Crippen LogP contribution in [0.2, 0.25) is 0 Å². The number of halogens is 3. The Morgan fingerprint density at radius 1 is 1.16 bits per heavy atom. The van der Waals surface area contributed by atoms with E-state index in [2.05, 4.69) is 0 Å². The number of benzene rings is 1. The highest BCUT2D eigenvalue weighted by Crippen LogP contribution is 2.22. The molecule has 0 atom stereocenters. The summed E-state index contributed by atoms with van der Waals surface area (Å²) in [6.07, 6.45) is -6.53. The van der Waals surface area contributed by atoms with Crippen molar-refractivity contribution in [2.45, 2.75) is 12.6 Å². The second kappa shape index (κ2) is 5.09. The number of Topliss-reactive ketones (excluding diaryl/α,β-unsaturated/α-hetero) is 2. The minimum Gasteiger partial charge on any atom is -0.507 e. The monoisotopic (exact) mass is 276 g/mol. The van der Waals surface area contributed by atoms with Gasteiger partial charge < -0.3 is 10.2 Å². The average Bonchev–Trinajstić information content (AvgIpc) is 2.27. The van der Waals surface area contributed by atoms with Gasteiger partial charge in [0.2, 0.25) is 5.78 Å². The standard InChI is InChI=1S/C11H7F3O5/c12-11(13,14)9(17)4-8(16)5-1-2-7(15)6(3-5)10(18)19/h1-3,15H,4H2,(H,18,19). The molecule has 0 radical (unpaired) electrons. The first-order valence-electron chi connectivity index (χ1n) is 4.82. The van der Waals surface area contributed by atoms with E-state index in [1.54, 1.807) is 0 Å². The lowest BCUT2D eigenvalue weighted by molar-refractivity contribution is -0.170. The lowest BCUT2D eigenvalue weighted by atomic mass is 10.0. The molecule has 2 N–H and O–H groups in total. The molecule has 0 heterocycles. The molecule has 5 nitrogen and oxygen atoms in total. The maximum Gasteiger partial charge on any atom is 0.450 e. The maximum atomic E-state index is 12.0. The highest BCUT2D eigenvalue weighted by molar-refractivity contribution is 6.10. The van der Waals surface area contributed by atoms with Gasteiger partial charge in [-0.05, 0) is 18.2 Å². The van der Waals surface area contributed by atoms with E-state index in [0.29, 0.717) is 6.07 Å². The van der Waals surface area contributed by atoms with Crippen molar-refractivity contribution >= 4 is 17.5 Å². The summed E-state index contributed by atoms with van der Waals surface area (Å²) in [6.45, 7) is 0. The number of carboxylic acids is 1. The molecule has 0 aliphatic carbocycles. The van der Waals surface area contributed by atoms with Crippen LogP contribution in [0, 0.1) is 0 Å². The summed E-state index contributed by atoms with van der Waals surface area (Å²) in [7, 11) is 0. The number of hydrogen-bond acceptors (Lipinski definition) is 4. The molecule has 8 heteroatoms. The number of carbonyl (C=O) groups is 3. The smallest absolute Gasteiger partial charge is 0.450 e. The molecular weight excluding hydrogens is 269 g/mol. The molecule has 0 aliphatic rings. The Bertz CT molecular complexity index is 548. The first-order valence-corrected chi connectivity index (χ1v) is 4.82. The van der Waals surface area contributed by atoms with E-state index in [-0.39, 0.29) is 0 Å². The summed E-state index contributed by atoms with van der Waals surface area (Å²) in [4.78, 5) is 32.7. The molecule has 0 unspecified atom stereocenters. The number of carbonyl (C=O) groups excluding carboxylic acids is 2. The molecule has 1 rings (SSSR count). The van der Waals surface area contributed by atoms with Gasteiger partial charge in [0.1, 0.15) is 11.3 Å². The minimum atomic E-state index is -5.12. The average molecular weight is 276 g/mol. The van der Waals surface area contributed by atoms with Gasteiger partial charge in [-0.25, -0.2) is 4.79 Å². The van der Waals surface area contributed by atoms with Crippen LogP contribution in [-0.4, -0.2) is 33.9 Å². The summed E-state index contributed by atoms with van der Waals surface area (Å²) >= 11 is 0. The van der Waals surface area contributed by atoms with Gasteiger partial charge >= 0.3 is 12.1 Å². The predicted molar refractivity (Wildman–Crippen MR) is 55.1 cm³/mol. The second-order valence-corrected chi connectivity index (χ2v) is 3.56. The first-order chi connectivity index (χ1) is 8.62. The maximum absolute atomic E-state index is 12.0. The summed E-state index contributed by atoms with van der Waals surface area (Å²) in [6, 6.07) is 2.51. The molecule has 1 aromatic carbocycles. The van der Waals surface area contributed by atoms with Crippen LogP contribution in [0.25, 0.3) is 0 Å². The molecule has 0 amide bonds. The molecule has 19 heavy (non-hydrogen) atoms. The number of phenols is 1. The molecule has 0 saturated carbocycles. The van der Waals surface area contributed by atoms with Crippen molar-refractivity contribution in [3.8, 4) is 5.75 Å². The number of aromatic carboxylic acids is 1. The highest BCUT2D eigenvalue weighted by Gasteiger charge is 2.39. The van der Waals surface area contributed by atoms with E-state index in [1.807, 2.05) is 0 Å². The molecule has 0 aliphatic heterocycles. The van der Waals surface area contributed by atoms with Gasteiger partial charge in [0.15, 0.2) is 5.78 Å². The zero-order valence-electron chi connectivity index (χ0n) is 9.19. The summed E-state index contributed by atoms with van der Waals surface area (Å²) < 4.78 is 35.9. The first kappa shape index (κ1) is 14.7. The van der Waals surface area contributed by atoms with E-state index in [9.17, 15) is 27.6 Å². The number of ketones is 2.